The van der Waals surface area contributed by atoms with Gasteiger partial charge in [-0.15, -0.1) is 0 Å². The second kappa shape index (κ2) is 7.41. The van der Waals surface area contributed by atoms with E-state index in [9.17, 15) is 0 Å². The topological polar surface area (TPSA) is 21.6 Å². The third-order valence-electron chi connectivity index (χ3n) is 3.57. The molecule has 0 aromatic heterocycles. The lowest BCUT2D eigenvalue weighted by Crippen LogP contribution is -1.95. The molecular formula is C21H19NO. The Balaban J connectivity index is 1.69. The Bertz CT molecular complexity index is 794. The molecule has 0 N–H and O–H groups in total. The SMILES string of the molecule is Cc1ccccc1N=Cc1cccc(OCc2ccccc2)c1. The van der Waals surface area contributed by atoms with Gasteiger partial charge in [-0.3, -0.25) is 4.99 Å². The highest BCUT2D eigenvalue weighted by Crippen LogP contribution is 2.18. The van der Waals surface area contributed by atoms with E-state index in [-0.39, 0.29) is 0 Å². The third-order valence-corrected chi connectivity index (χ3v) is 3.57. The lowest BCUT2D eigenvalue weighted by Gasteiger charge is -2.06. The van der Waals surface area contributed by atoms with Crippen LogP contribution in [0.15, 0.2) is 83.9 Å². The highest BCUT2D eigenvalue weighted by Gasteiger charge is 1.98. The van der Waals surface area contributed by atoms with Gasteiger partial charge in [-0.05, 0) is 41.8 Å². The number of rotatable bonds is 5. The maximum Gasteiger partial charge on any atom is 0.120 e. The van der Waals surface area contributed by atoms with Crippen molar-refractivity contribution in [1.82, 2.24) is 0 Å². The van der Waals surface area contributed by atoms with E-state index >= 15 is 0 Å². The molecule has 0 aliphatic rings. The van der Waals surface area contributed by atoms with Crippen molar-refractivity contribution in [3.63, 3.8) is 0 Å². The number of aliphatic imine (C=N–C) groups is 1. The van der Waals surface area contributed by atoms with Crippen LogP contribution in [-0.4, -0.2) is 6.21 Å². The number of para-hydroxylation sites is 1. The van der Waals surface area contributed by atoms with Gasteiger partial charge < -0.3 is 4.74 Å². The molecule has 2 nitrogen and oxygen atoms in total. The lowest BCUT2D eigenvalue weighted by atomic mass is 10.2. The number of hydrogen-bond donors (Lipinski definition) is 0. The maximum atomic E-state index is 5.85. The monoisotopic (exact) mass is 301 g/mol. The average Bonchev–Trinajstić information content (AvgIpc) is 2.61. The molecule has 0 unspecified atom stereocenters. The van der Waals surface area contributed by atoms with E-state index in [1.54, 1.807) is 0 Å². The van der Waals surface area contributed by atoms with E-state index in [0.717, 1.165) is 22.6 Å². The molecule has 2 heteroatoms. The second-order valence-corrected chi connectivity index (χ2v) is 5.39. The summed E-state index contributed by atoms with van der Waals surface area (Å²) in [7, 11) is 0. The molecule has 0 saturated carbocycles. The minimum Gasteiger partial charge on any atom is -0.489 e. The van der Waals surface area contributed by atoms with Crippen LogP contribution in [0.5, 0.6) is 5.75 Å². The molecule has 0 bridgehead atoms. The third kappa shape index (κ3) is 4.30. The molecule has 0 spiro atoms. The number of benzene rings is 3. The highest BCUT2D eigenvalue weighted by atomic mass is 16.5. The van der Waals surface area contributed by atoms with Crippen LogP contribution in [0.3, 0.4) is 0 Å². The Labute approximate surface area is 137 Å². The molecule has 0 fully saturated rings. The zero-order valence-electron chi connectivity index (χ0n) is 13.1. The maximum absolute atomic E-state index is 5.85. The van der Waals surface area contributed by atoms with Gasteiger partial charge in [-0.1, -0.05) is 60.7 Å². The van der Waals surface area contributed by atoms with Gasteiger partial charge in [0.1, 0.15) is 12.4 Å². The quantitative estimate of drug-likeness (QED) is 0.584. The Morgan fingerprint density at radius 1 is 0.870 bits per heavy atom. The van der Waals surface area contributed by atoms with Crippen molar-refractivity contribution in [3.05, 3.63) is 95.6 Å². The summed E-state index contributed by atoms with van der Waals surface area (Å²) >= 11 is 0. The molecule has 0 heterocycles. The number of ether oxygens (including phenoxy) is 1. The molecule has 0 radical (unpaired) electrons. The molecule has 114 valence electrons. The summed E-state index contributed by atoms with van der Waals surface area (Å²) in [6.07, 6.45) is 1.87. The van der Waals surface area contributed by atoms with Crippen LogP contribution in [-0.2, 0) is 6.61 Å². The van der Waals surface area contributed by atoms with Crippen LogP contribution in [0.1, 0.15) is 16.7 Å². The van der Waals surface area contributed by atoms with Crippen molar-refractivity contribution in [1.29, 1.82) is 0 Å². The number of nitrogens with zero attached hydrogens (tertiary/aromatic N) is 1. The van der Waals surface area contributed by atoms with Crippen LogP contribution < -0.4 is 4.74 Å². The van der Waals surface area contributed by atoms with Gasteiger partial charge in [0, 0.05) is 6.21 Å². The summed E-state index contributed by atoms with van der Waals surface area (Å²) in [6, 6.07) is 26.2. The standard InChI is InChI=1S/C21H19NO/c1-17-8-5-6-13-21(17)22-15-19-11-7-12-20(14-19)23-16-18-9-3-2-4-10-18/h2-15H,16H2,1H3. The van der Waals surface area contributed by atoms with Gasteiger partial charge in [0.05, 0.1) is 5.69 Å². The summed E-state index contributed by atoms with van der Waals surface area (Å²) in [4.78, 5) is 4.55. The van der Waals surface area contributed by atoms with Crippen LogP contribution in [0, 0.1) is 6.92 Å². The molecule has 0 aliphatic carbocycles. The summed E-state index contributed by atoms with van der Waals surface area (Å²) in [5, 5.41) is 0. The van der Waals surface area contributed by atoms with Crippen molar-refractivity contribution in [2.75, 3.05) is 0 Å². The predicted octanol–water partition coefficient (Wildman–Crippen LogP) is 5.32. The first kappa shape index (κ1) is 15.0. The lowest BCUT2D eigenvalue weighted by molar-refractivity contribution is 0.306. The number of aryl methyl sites for hydroxylation is 1. The van der Waals surface area contributed by atoms with E-state index in [4.69, 9.17) is 4.74 Å². The Morgan fingerprint density at radius 2 is 1.65 bits per heavy atom. The summed E-state index contributed by atoms with van der Waals surface area (Å²) in [6.45, 7) is 2.63. The van der Waals surface area contributed by atoms with Crippen molar-refractivity contribution in [2.45, 2.75) is 13.5 Å². The van der Waals surface area contributed by atoms with Gasteiger partial charge >= 0.3 is 0 Å². The van der Waals surface area contributed by atoms with Crippen LogP contribution >= 0.6 is 0 Å². The second-order valence-electron chi connectivity index (χ2n) is 5.39. The molecule has 0 amide bonds. The zero-order valence-corrected chi connectivity index (χ0v) is 13.1. The smallest absolute Gasteiger partial charge is 0.120 e. The van der Waals surface area contributed by atoms with Crippen molar-refractivity contribution in [3.8, 4) is 5.75 Å². The molecule has 3 aromatic carbocycles. The van der Waals surface area contributed by atoms with Crippen LogP contribution in [0.4, 0.5) is 5.69 Å². The first-order valence-corrected chi connectivity index (χ1v) is 7.68. The Kier molecular flexibility index (Phi) is 4.85. The minimum absolute atomic E-state index is 0.569. The molecule has 3 rings (SSSR count). The fourth-order valence-electron chi connectivity index (χ4n) is 2.28. The highest BCUT2D eigenvalue weighted by molar-refractivity contribution is 5.82. The summed E-state index contributed by atoms with van der Waals surface area (Å²) in [5.41, 5.74) is 4.34. The van der Waals surface area contributed by atoms with Gasteiger partial charge in [0.2, 0.25) is 0 Å². The van der Waals surface area contributed by atoms with Gasteiger partial charge in [-0.25, -0.2) is 0 Å². The summed E-state index contributed by atoms with van der Waals surface area (Å²) in [5.74, 6) is 0.850. The van der Waals surface area contributed by atoms with Gasteiger partial charge in [-0.2, -0.15) is 0 Å². The summed E-state index contributed by atoms with van der Waals surface area (Å²) < 4.78 is 5.85. The first-order valence-electron chi connectivity index (χ1n) is 7.68. The van der Waals surface area contributed by atoms with Crippen molar-refractivity contribution < 1.29 is 4.74 Å². The van der Waals surface area contributed by atoms with Gasteiger partial charge in [0.15, 0.2) is 0 Å². The fraction of sp³-hybridized carbons (Fsp3) is 0.0952. The first-order chi connectivity index (χ1) is 11.3. The van der Waals surface area contributed by atoms with E-state index < -0.39 is 0 Å². The van der Waals surface area contributed by atoms with E-state index in [1.165, 1.54) is 5.56 Å². The minimum atomic E-state index is 0.569. The molecule has 0 saturated heterocycles. The normalized spacial score (nSPS) is 10.8. The average molecular weight is 301 g/mol. The molecule has 3 aromatic rings. The van der Waals surface area contributed by atoms with Crippen molar-refractivity contribution >= 4 is 11.9 Å². The van der Waals surface area contributed by atoms with E-state index in [0.29, 0.717) is 6.61 Å². The molecular weight excluding hydrogens is 282 g/mol. The largest absolute Gasteiger partial charge is 0.489 e. The zero-order chi connectivity index (χ0) is 15.9. The van der Waals surface area contributed by atoms with E-state index in [2.05, 4.69) is 30.1 Å². The Morgan fingerprint density at radius 3 is 2.48 bits per heavy atom. The molecule has 0 aliphatic heterocycles. The Hall–Kier alpha value is -2.87. The molecule has 23 heavy (non-hydrogen) atoms. The van der Waals surface area contributed by atoms with E-state index in [1.807, 2.05) is 66.9 Å². The predicted molar refractivity (Wildman–Crippen MR) is 95.6 cm³/mol. The van der Waals surface area contributed by atoms with Crippen LogP contribution in [0.25, 0.3) is 0 Å². The van der Waals surface area contributed by atoms with Crippen molar-refractivity contribution in [2.24, 2.45) is 4.99 Å². The van der Waals surface area contributed by atoms with Crippen LogP contribution in [0.2, 0.25) is 0 Å². The number of hydrogen-bond acceptors (Lipinski definition) is 2. The van der Waals surface area contributed by atoms with Gasteiger partial charge in [0.25, 0.3) is 0 Å². The fourth-order valence-corrected chi connectivity index (χ4v) is 2.28. The molecule has 0 atom stereocenters.